The van der Waals surface area contributed by atoms with Crippen molar-refractivity contribution in [1.29, 1.82) is 0 Å². The van der Waals surface area contributed by atoms with Gasteiger partial charge in [0, 0.05) is 24.3 Å². The van der Waals surface area contributed by atoms with Gasteiger partial charge in [0.05, 0.1) is 5.52 Å². The molecule has 0 fully saturated rings. The molecule has 6 nitrogen and oxygen atoms in total. The van der Waals surface area contributed by atoms with Crippen molar-refractivity contribution in [1.82, 2.24) is 14.1 Å². The van der Waals surface area contributed by atoms with Gasteiger partial charge in [-0.25, -0.2) is 4.98 Å². The summed E-state index contributed by atoms with van der Waals surface area (Å²) < 4.78 is 3.60. The van der Waals surface area contributed by atoms with Gasteiger partial charge in [0.25, 0.3) is 5.56 Å². The first-order valence-corrected chi connectivity index (χ1v) is 10.1. The average Bonchev–Trinajstić information content (AvgIpc) is 2.84. The second kappa shape index (κ2) is 7.62. The van der Waals surface area contributed by atoms with Gasteiger partial charge < -0.3 is 9.88 Å². The van der Waals surface area contributed by atoms with Gasteiger partial charge in [-0.1, -0.05) is 31.5 Å². The zero-order valence-corrected chi connectivity index (χ0v) is 16.5. The molecule has 0 bridgehead atoms. The SMILES string of the molecule is CCc1ccccc1NC(=O)Cn1c(C)cc2nc3n(c(=O)c21)CCCCC3. The maximum absolute atomic E-state index is 13.2. The van der Waals surface area contributed by atoms with Crippen molar-refractivity contribution in [3.63, 3.8) is 0 Å². The Bertz CT molecular complexity index is 1090. The van der Waals surface area contributed by atoms with E-state index in [0.29, 0.717) is 17.6 Å². The van der Waals surface area contributed by atoms with E-state index in [9.17, 15) is 9.59 Å². The minimum atomic E-state index is -0.138. The van der Waals surface area contributed by atoms with Crippen LogP contribution in [0.4, 0.5) is 5.69 Å². The van der Waals surface area contributed by atoms with Crippen LogP contribution in [0.1, 0.15) is 43.3 Å². The first kappa shape index (κ1) is 18.5. The zero-order chi connectivity index (χ0) is 19.7. The van der Waals surface area contributed by atoms with Crippen LogP contribution in [0.3, 0.4) is 0 Å². The first-order valence-electron chi connectivity index (χ1n) is 10.1. The Kier molecular flexibility index (Phi) is 5.03. The number of benzene rings is 1. The van der Waals surface area contributed by atoms with Crippen molar-refractivity contribution in [2.75, 3.05) is 5.32 Å². The van der Waals surface area contributed by atoms with Gasteiger partial charge in [-0.15, -0.1) is 0 Å². The lowest BCUT2D eigenvalue weighted by molar-refractivity contribution is -0.116. The highest BCUT2D eigenvalue weighted by molar-refractivity contribution is 5.92. The minimum absolute atomic E-state index is 0.0308. The third kappa shape index (κ3) is 3.35. The quantitative estimate of drug-likeness (QED) is 0.756. The number of carbonyl (C=O) groups is 1. The molecule has 0 spiro atoms. The fourth-order valence-corrected chi connectivity index (χ4v) is 4.05. The highest BCUT2D eigenvalue weighted by atomic mass is 16.2. The molecule has 1 aromatic carbocycles. The van der Waals surface area contributed by atoms with Crippen LogP contribution in [0.15, 0.2) is 35.1 Å². The van der Waals surface area contributed by atoms with E-state index in [-0.39, 0.29) is 18.0 Å². The Hall–Kier alpha value is -2.89. The number of rotatable bonds is 4. The standard InChI is InChI=1S/C22H26N4O2/c1-3-16-9-6-7-10-17(16)24-20(27)14-26-15(2)13-18-21(26)22(28)25-12-8-4-5-11-19(25)23-18/h6-7,9-10,13H,3-5,8,11-12,14H2,1-2H3,(H,24,27). The molecule has 1 aliphatic rings. The highest BCUT2D eigenvalue weighted by Crippen LogP contribution is 2.20. The Morgan fingerprint density at radius 3 is 2.86 bits per heavy atom. The Morgan fingerprint density at radius 2 is 2.04 bits per heavy atom. The molecule has 146 valence electrons. The molecule has 1 amide bonds. The Labute approximate surface area is 164 Å². The number of nitrogens with one attached hydrogen (secondary N) is 1. The molecule has 1 aliphatic heterocycles. The first-order chi connectivity index (χ1) is 13.6. The van der Waals surface area contributed by atoms with E-state index in [4.69, 9.17) is 4.98 Å². The highest BCUT2D eigenvalue weighted by Gasteiger charge is 2.19. The van der Waals surface area contributed by atoms with Gasteiger partial charge in [-0.05, 0) is 43.9 Å². The summed E-state index contributed by atoms with van der Waals surface area (Å²) in [7, 11) is 0. The molecular formula is C22H26N4O2. The summed E-state index contributed by atoms with van der Waals surface area (Å²) in [6, 6.07) is 9.72. The molecule has 0 unspecified atom stereocenters. The lowest BCUT2D eigenvalue weighted by Crippen LogP contribution is -2.28. The number of hydrogen-bond acceptors (Lipinski definition) is 3. The summed E-state index contributed by atoms with van der Waals surface area (Å²) in [5.41, 5.74) is 3.99. The molecule has 0 atom stereocenters. The number of aromatic nitrogens is 3. The second-order valence-electron chi connectivity index (χ2n) is 7.46. The summed E-state index contributed by atoms with van der Waals surface area (Å²) in [4.78, 5) is 30.7. The van der Waals surface area contributed by atoms with Crippen molar-refractivity contribution in [2.24, 2.45) is 0 Å². The lowest BCUT2D eigenvalue weighted by Gasteiger charge is -2.13. The number of para-hydroxylation sites is 1. The van der Waals surface area contributed by atoms with Crippen LogP contribution in [0.25, 0.3) is 11.0 Å². The smallest absolute Gasteiger partial charge is 0.278 e. The number of fused-ring (bicyclic) bond motifs is 2. The monoisotopic (exact) mass is 378 g/mol. The predicted molar refractivity (Wildman–Crippen MR) is 111 cm³/mol. The number of nitrogens with zero attached hydrogens (tertiary/aromatic N) is 3. The maximum Gasteiger partial charge on any atom is 0.278 e. The van der Waals surface area contributed by atoms with E-state index in [1.165, 1.54) is 0 Å². The molecule has 28 heavy (non-hydrogen) atoms. The van der Waals surface area contributed by atoms with Crippen LogP contribution in [0.5, 0.6) is 0 Å². The van der Waals surface area contributed by atoms with Gasteiger partial charge in [-0.2, -0.15) is 0 Å². The third-order valence-corrected chi connectivity index (χ3v) is 5.55. The molecule has 0 saturated carbocycles. The molecule has 2 aromatic heterocycles. The Morgan fingerprint density at radius 1 is 1.21 bits per heavy atom. The van der Waals surface area contributed by atoms with Gasteiger partial charge >= 0.3 is 0 Å². The molecule has 0 aliphatic carbocycles. The molecule has 0 saturated heterocycles. The van der Waals surface area contributed by atoms with Crippen LogP contribution in [0.2, 0.25) is 0 Å². The number of aryl methyl sites for hydroxylation is 3. The van der Waals surface area contributed by atoms with E-state index in [1.54, 1.807) is 9.13 Å². The van der Waals surface area contributed by atoms with Crippen LogP contribution in [0, 0.1) is 6.92 Å². The number of hydrogen-bond donors (Lipinski definition) is 1. The summed E-state index contributed by atoms with van der Waals surface area (Å²) in [6.45, 7) is 4.79. The molecule has 4 rings (SSSR count). The van der Waals surface area contributed by atoms with Gasteiger partial charge in [0.15, 0.2) is 0 Å². The van der Waals surface area contributed by atoms with Crippen LogP contribution in [-0.2, 0) is 30.7 Å². The minimum Gasteiger partial charge on any atom is -0.330 e. The van der Waals surface area contributed by atoms with Gasteiger partial charge in [0.1, 0.15) is 17.9 Å². The number of amides is 1. The van der Waals surface area contributed by atoms with E-state index in [1.807, 2.05) is 37.3 Å². The van der Waals surface area contributed by atoms with Crippen LogP contribution >= 0.6 is 0 Å². The lowest BCUT2D eigenvalue weighted by atomic mass is 10.1. The summed E-state index contributed by atoms with van der Waals surface area (Å²) in [5.74, 6) is 0.731. The third-order valence-electron chi connectivity index (χ3n) is 5.55. The van der Waals surface area contributed by atoms with E-state index in [0.717, 1.165) is 54.9 Å². The van der Waals surface area contributed by atoms with Crippen molar-refractivity contribution >= 4 is 22.6 Å². The van der Waals surface area contributed by atoms with Gasteiger partial charge in [0.2, 0.25) is 5.91 Å². The second-order valence-corrected chi connectivity index (χ2v) is 7.46. The van der Waals surface area contributed by atoms with Crippen molar-refractivity contribution in [3.8, 4) is 0 Å². The molecule has 3 heterocycles. The van der Waals surface area contributed by atoms with Crippen molar-refractivity contribution < 1.29 is 4.79 Å². The normalized spacial score (nSPS) is 13.9. The fraction of sp³-hybridized carbons (Fsp3) is 0.409. The largest absolute Gasteiger partial charge is 0.330 e. The molecule has 1 N–H and O–H groups in total. The van der Waals surface area contributed by atoms with E-state index < -0.39 is 0 Å². The number of carbonyl (C=O) groups excluding carboxylic acids is 1. The average molecular weight is 378 g/mol. The predicted octanol–water partition coefficient (Wildman–Crippen LogP) is 3.43. The van der Waals surface area contributed by atoms with Crippen LogP contribution in [-0.4, -0.2) is 20.0 Å². The fourth-order valence-electron chi connectivity index (χ4n) is 4.05. The van der Waals surface area contributed by atoms with E-state index >= 15 is 0 Å². The molecular weight excluding hydrogens is 352 g/mol. The zero-order valence-electron chi connectivity index (χ0n) is 16.5. The summed E-state index contributed by atoms with van der Waals surface area (Å²) >= 11 is 0. The topological polar surface area (TPSA) is 68.9 Å². The number of anilines is 1. The van der Waals surface area contributed by atoms with Crippen molar-refractivity contribution in [3.05, 3.63) is 57.8 Å². The molecule has 0 radical (unpaired) electrons. The van der Waals surface area contributed by atoms with E-state index in [2.05, 4.69) is 12.2 Å². The van der Waals surface area contributed by atoms with Crippen molar-refractivity contribution in [2.45, 2.75) is 59.0 Å². The van der Waals surface area contributed by atoms with Gasteiger partial charge in [-0.3, -0.25) is 14.2 Å². The summed E-state index contributed by atoms with van der Waals surface area (Å²) in [6.07, 6.45) is 4.86. The van der Waals surface area contributed by atoms with Crippen LogP contribution < -0.4 is 10.9 Å². The molecule has 6 heteroatoms. The Balaban J connectivity index is 1.69. The maximum atomic E-state index is 13.2. The molecule has 3 aromatic rings. The summed E-state index contributed by atoms with van der Waals surface area (Å²) in [5, 5.41) is 2.99.